The molecular formula is C13H17ClN2O. The van der Waals surface area contributed by atoms with Crippen molar-refractivity contribution in [3.8, 4) is 0 Å². The first-order chi connectivity index (χ1) is 8.16. The summed E-state index contributed by atoms with van der Waals surface area (Å²) in [7, 11) is 0. The van der Waals surface area contributed by atoms with Crippen LogP contribution in [0.2, 0.25) is 5.02 Å². The van der Waals surface area contributed by atoms with Gasteiger partial charge in [-0.2, -0.15) is 0 Å². The van der Waals surface area contributed by atoms with E-state index in [1.54, 1.807) is 18.2 Å². The Balaban J connectivity index is 1.87. The normalized spacial score (nSPS) is 15.4. The van der Waals surface area contributed by atoms with Crippen LogP contribution in [0.3, 0.4) is 0 Å². The molecule has 1 saturated carbocycles. The van der Waals surface area contributed by atoms with Crippen LogP contribution in [0.25, 0.3) is 0 Å². The van der Waals surface area contributed by atoms with Crippen LogP contribution in [0.5, 0.6) is 0 Å². The van der Waals surface area contributed by atoms with E-state index in [9.17, 15) is 4.79 Å². The Morgan fingerprint density at radius 2 is 2.24 bits per heavy atom. The third kappa shape index (κ3) is 3.13. The number of nitrogen functional groups attached to an aromatic ring is 1. The van der Waals surface area contributed by atoms with Crippen LogP contribution >= 0.6 is 11.6 Å². The molecule has 3 nitrogen and oxygen atoms in total. The highest BCUT2D eigenvalue weighted by atomic mass is 35.5. The van der Waals surface area contributed by atoms with Gasteiger partial charge in [0.2, 0.25) is 0 Å². The minimum Gasteiger partial charge on any atom is -0.398 e. The fourth-order valence-corrected chi connectivity index (χ4v) is 2.16. The summed E-state index contributed by atoms with van der Waals surface area (Å²) in [6.07, 6.45) is 5.00. The van der Waals surface area contributed by atoms with Crippen LogP contribution in [0.4, 0.5) is 5.69 Å². The largest absolute Gasteiger partial charge is 0.398 e. The number of hydrogen-bond donors (Lipinski definition) is 2. The predicted octanol–water partition coefficient (Wildman–Crippen LogP) is 2.84. The van der Waals surface area contributed by atoms with Crippen LogP contribution in [-0.2, 0) is 0 Å². The molecule has 0 aromatic heterocycles. The molecule has 0 heterocycles. The van der Waals surface area contributed by atoms with Gasteiger partial charge >= 0.3 is 0 Å². The Morgan fingerprint density at radius 1 is 1.47 bits per heavy atom. The third-order valence-corrected chi connectivity index (χ3v) is 3.56. The Kier molecular flexibility index (Phi) is 3.89. The fourth-order valence-electron chi connectivity index (χ4n) is 1.99. The standard InChI is InChI=1S/C13H17ClN2O/c14-10-4-5-12(15)11(8-10)13(17)16-7-6-9-2-1-3-9/h4-5,8-9H,1-3,6-7,15H2,(H,16,17). The maximum Gasteiger partial charge on any atom is 0.253 e. The quantitative estimate of drug-likeness (QED) is 0.810. The van der Waals surface area contributed by atoms with E-state index in [-0.39, 0.29) is 5.91 Å². The Bertz CT molecular complexity index is 416. The second-order valence-electron chi connectivity index (χ2n) is 4.57. The van der Waals surface area contributed by atoms with Crippen molar-refractivity contribution in [2.45, 2.75) is 25.7 Å². The van der Waals surface area contributed by atoms with Crippen LogP contribution in [0.1, 0.15) is 36.0 Å². The summed E-state index contributed by atoms with van der Waals surface area (Å²) < 4.78 is 0. The lowest BCUT2D eigenvalue weighted by Crippen LogP contribution is -2.28. The molecule has 1 aliphatic carbocycles. The first-order valence-corrected chi connectivity index (χ1v) is 6.38. The van der Waals surface area contributed by atoms with Crippen molar-refractivity contribution < 1.29 is 4.79 Å². The summed E-state index contributed by atoms with van der Waals surface area (Å²) in [5.74, 6) is 0.663. The summed E-state index contributed by atoms with van der Waals surface area (Å²) in [6.45, 7) is 0.718. The van der Waals surface area contributed by atoms with Crippen molar-refractivity contribution in [2.24, 2.45) is 5.92 Å². The number of anilines is 1. The minimum absolute atomic E-state index is 0.135. The number of rotatable bonds is 4. The van der Waals surface area contributed by atoms with Crippen LogP contribution in [0, 0.1) is 5.92 Å². The van der Waals surface area contributed by atoms with Gasteiger partial charge in [0.15, 0.2) is 0 Å². The smallest absolute Gasteiger partial charge is 0.253 e. The second kappa shape index (κ2) is 5.41. The number of carbonyl (C=O) groups excluding carboxylic acids is 1. The maximum absolute atomic E-state index is 11.9. The molecule has 4 heteroatoms. The third-order valence-electron chi connectivity index (χ3n) is 3.32. The van der Waals surface area contributed by atoms with Crippen molar-refractivity contribution in [2.75, 3.05) is 12.3 Å². The average molecular weight is 253 g/mol. The van der Waals surface area contributed by atoms with Gasteiger partial charge < -0.3 is 11.1 Å². The molecule has 1 aromatic carbocycles. The lowest BCUT2D eigenvalue weighted by Gasteiger charge is -2.25. The Morgan fingerprint density at radius 3 is 2.88 bits per heavy atom. The highest BCUT2D eigenvalue weighted by molar-refractivity contribution is 6.31. The van der Waals surface area contributed by atoms with Crippen LogP contribution in [0.15, 0.2) is 18.2 Å². The monoisotopic (exact) mass is 252 g/mol. The zero-order chi connectivity index (χ0) is 12.3. The predicted molar refractivity (Wildman–Crippen MR) is 70.2 cm³/mol. The molecule has 0 saturated heterocycles. The van der Waals surface area contributed by atoms with E-state index in [0.29, 0.717) is 16.3 Å². The number of hydrogen-bond acceptors (Lipinski definition) is 2. The van der Waals surface area contributed by atoms with Gasteiger partial charge in [-0.05, 0) is 30.5 Å². The molecule has 0 radical (unpaired) electrons. The molecule has 0 spiro atoms. The molecular weight excluding hydrogens is 236 g/mol. The van der Waals surface area contributed by atoms with Gasteiger partial charge in [0.05, 0.1) is 5.56 Å². The highest BCUT2D eigenvalue weighted by Gasteiger charge is 2.17. The van der Waals surface area contributed by atoms with E-state index in [1.807, 2.05) is 0 Å². The topological polar surface area (TPSA) is 55.1 Å². The number of halogens is 1. The van der Waals surface area contributed by atoms with E-state index in [0.717, 1.165) is 18.9 Å². The summed E-state index contributed by atoms with van der Waals surface area (Å²) in [5.41, 5.74) is 6.67. The number of benzene rings is 1. The van der Waals surface area contributed by atoms with Gasteiger partial charge in [-0.1, -0.05) is 30.9 Å². The molecule has 0 bridgehead atoms. The lowest BCUT2D eigenvalue weighted by atomic mass is 9.83. The number of carbonyl (C=O) groups is 1. The lowest BCUT2D eigenvalue weighted by molar-refractivity contribution is 0.0950. The van der Waals surface area contributed by atoms with Gasteiger partial charge in [-0.3, -0.25) is 4.79 Å². The number of amides is 1. The van der Waals surface area contributed by atoms with Gasteiger partial charge in [0.25, 0.3) is 5.91 Å². The van der Waals surface area contributed by atoms with E-state index in [1.165, 1.54) is 19.3 Å². The first-order valence-electron chi connectivity index (χ1n) is 6.00. The molecule has 1 fully saturated rings. The number of nitrogens with one attached hydrogen (secondary N) is 1. The van der Waals surface area contributed by atoms with Crippen molar-refractivity contribution in [1.82, 2.24) is 5.32 Å². The van der Waals surface area contributed by atoms with Crippen LogP contribution in [-0.4, -0.2) is 12.5 Å². The van der Waals surface area contributed by atoms with Gasteiger partial charge in [-0.25, -0.2) is 0 Å². The van der Waals surface area contributed by atoms with Crippen molar-refractivity contribution in [3.05, 3.63) is 28.8 Å². The van der Waals surface area contributed by atoms with Crippen LogP contribution < -0.4 is 11.1 Å². The molecule has 3 N–H and O–H groups in total. The van der Waals surface area contributed by atoms with Gasteiger partial charge in [0, 0.05) is 17.3 Å². The van der Waals surface area contributed by atoms with E-state index < -0.39 is 0 Å². The SMILES string of the molecule is Nc1ccc(Cl)cc1C(=O)NCCC1CCC1. The second-order valence-corrected chi connectivity index (χ2v) is 5.01. The summed E-state index contributed by atoms with van der Waals surface area (Å²) >= 11 is 5.84. The van der Waals surface area contributed by atoms with E-state index >= 15 is 0 Å². The minimum atomic E-state index is -0.135. The summed E-state index contributed by atoms with van der Waals surface area (Å²) in [6, 6.07) is 4.95. The zero-order valence-electron chi connectivity index (χ0n) is 9.71. The van der Waals surface area contributed by atoms with E-state index in [4.69, 9.17) is 17.3 Å². The molecule has 1 aliphatic rings. The highest BCUT2D eigenvalue weighted by Crippen LogP contribution is 2.28. The maximum atomic E-state index is 11.9. The molecule has 0 unspecified atom stereocenters. The number of nitrogens with two attached hydrogens (primary N) is 1. The fraction of sp³-hybridized carbons (Fsp3) is 0.462. The van der Waals surface area contributed by atoms with Crippen molar-refractivity contribution >= 4 is 23.2 Å². The van der Waals surface area contributed by atoms with Crippen molar-refractivity contribution in [1.29, 1.82) is 0 Å². The molecule has 1 aromatic rings. The Labute approximate surface area is 106 Å². The zero-order valence-corrected chi connectivity index (χ0v) is 10.5. The molecule has 0 atom stereocenters. The van der Waals surface area contributed by atoms with E-state index in [2.05, 4.69) is 5.32 Å². The molecule has 17 heavy (non-hydrogen) atoms. The Hall–Kier alpha value is -1.22. The van der Waals surface area contributed by atoms with Crippen molar-refractivity contribution in [3.63, 3.8) is 0 Å². The summed E-state index contributed by atoms with van der Waals surface area (Å²) in [5, 5.41) is 3.42. The molecule has 1 amide bonds. The molecule has 92 valence electrons. The first kappa shape index (κ1) is 12.2. The average Bonchev–Trinajstić information content (AvgIpc) is 2.25. The van der Waals surface area contributed by atoms with Gasteiger partial charge in [0.1, 0.15) is 0 Å². The molecule has 0 aliphatic heterocycles. The summed E-state index contributed by atoms with van der Waals surface area (Å²) in [4.78, 5) is 11.9. The molecule has 2 rings (SSSR count). The van der Waals surface area contributed by atoms with Gasteiger partial charge in [-0.15, -0.1) is 0 Å².